The van der Waals surface area contributed by atoms with Gasteiger partial charge in [-0.05, 0) is 24.6 Å². The molecule has 1 aromatic heterocycles. The Morgan fingerprint density at radius 2 is 1.88 bits per heavy atom. The van der Waals surface area contributed by atoms with Crippen molar-refractivity contribution in [2.75, 3.05) is 12.8 Å². The van der Waals surface area contributed by atoms with Gasteiger partial charge in [0, 0.05) is 6.07 Å². The molecule has 4 nitrogen and oxygen atoms in total. The highest BCUT2D eigenvalue weighted by atomic mass is 16.5. The zero-order chi connectivity index (χ0) is 12.3. The summed E-state index contributed by atoms with van der Waals surface area (Å²) in [5.41, 5.74) is 7.22. The summed E-state index contributed by atoms with van der Waals surface area (Å²) in [5, 5.41) is 0. The van der Waals surface area contributed by atoms with Crippen LogP contribution in [0.5, 0.6) is 17.5 Å². The number of para-hydroxylation sites is 1. The maximum Gasteiger partial charge on any atom is 0.240 e. The van der Waals surface area contributed by atoms with Crippen LogP contribution in [0.3, 0.4) is 0 Å². The van der Waals surface area contributed by atoms with Gasteiger partial charge >= 0.3 is 0 Å². The Morgan fingerprint density at radius 3 is 2.59 bits per heavy atom. The first-order valence-corrected chi connectivity index (χ1v) is 5.24. The van der Waals surface area contributed by atoms with Crippen molar-refractivity contribution in [1.82, 2.24) is 4.98 Å². The molecule has 0 saturated carbocycles. The molecule has 0 unspecified atom stereocenters. The van der Waals surface area contributed by atoms with Crippen LogP contribution < -0.4 is 15.2 Å². The smallest absolute Gasteiger partial charge is 0.240 e. The number of benzene rings is 1. The van der Waals surface area contributed by atoms with Crippen LogP contribution in [0, 0.1) is 6.92 Å². The van der Waals surface area contributed by atoms with E-state index in [1.165, 1.54) is 7.11 Å². The number of hydrogen-bond acceptors (Lipinski definition) is 4. The molecule has 0 spiro atoms. The molecule has 0 atom stereocenters. The number of ether oxygens (including phenoxy) is 2. The lowest BCUT2D eigenvalue weighted by Crippen LogP contribution is -1.97. The molecule has 0 aliphatic carbocycles. The van der Waals surface area contributed by atoms with Crippen LogP contribution in [-0.2, 0) is 0 Å². The number of nitrogens with two attached hydrogens (primary N) is 1. The Labute approximate surface area is 100 Å². The largest absolute Gasteiger partial charge is 0.479 e. The fraction of sp³-hybridized carbons (Fsp3) is 0.154. The van der Waals surface area contributed by atoms with Gasteiger partial charge < -0.3 is 15.2 Å². The summed E-state index contributed by atoms with van der Waals surface area (Å²) in [6, 6.07) is 11.2. The third-order valence-electron chi connectivity index (χ3n) is 2.37. The van der Waals surface area contributed by atoms with Crippen LogP contribution in [0.25, 0.3) is 0 Å². The molecule has 1 aromatic carbocycles. The van der Waals surface area contributed by atoms with E-state index in [-0.39, 0.29) is 0 Å². The Bertz CT molecular complexity index is 527. The van der Waals surface area contributed by atoms with Crippen LogP contribution in [-0.4, -0.2) is 12.1 Å². The molecule has 17 heavy (non-hydrogen) atoms. The first-order chi connectivity index (χ1) is 8.20. The lowest BCUT2D eigenvalue weighted by Gasteiger charge is -2.09. The zero-order valence-corrected chi connectivity index (χ0v) is 9.81. The van der Waals surface area contributed by atoms with Gasteiger partial charge in [-0.2, -0.15) is 4.98 Å². The second-order valence-electron chi connectivity index (χ2n) is 3.62. The summed E-state index contributed by atoms with van der Waals surface area (Å²) in [6.07, 6.45) is 0. The highest BCUT2D eigenvalue weighted by molar-refractivity contribution is 5.49. The second-order valence-corrected chi connectivity index (χ2v) is 3.62. The van der Waals surface area contributed by atoms with E-state index in [9.17, 15) is 0 Å². The molecule has 2 aromatic rings. The molecular formula is C13H14N2O2. The van der Waals surface area contributed by atoms with Crippen molar-refractivity contribution in [3.8, 4) is 17.5 Å². The molecule has 0 aliphatic heterocycles. The summed E-state index contributed by atoms with van der Waals surface area (Å²) in [7, 11) is 1.52. The number of methoxy groups -OCH3 is 1. The van der Waals surface area contributed by atoms with Gasteiger partial charge in [0.25, 0.3) is 0 Å². The number of rotatable bonds is 3. The maximum atomic E-state index is 5.68. The summed E-state index contributed by atoms with van der Waals surface area (Å²) in [5.74, 6) is 1.60. The van der Waals surface area contributed by atoms with Crippen molar-refractivity contribution >= 4 is 5.69 Å². The number of nitrogen functional groups attached to an aromatic ring is 1. The van der Waals surface area contributed by atoms with Gasteiger partial charge in [-0.25, -0.2) is 0 Å². The average Bonchev–Trinajstić information content (AvgIpc) is 2.34. The molecule has 4 heteroatoms. The number of anilines is 1. The second kappa shape index (κ2) is 4.74. The third kappa shape index (κ3) is 2.47. The fourth-order valence-electron chi connectivity index (χ4n) is 1.44. The van der Waals surface area contributed by atoms with E-state index in [1.807, 2.05) is 31.2 Å². The van der Waals surface area contributed by atoms with Gasteiger partial charge in [-0.1, -0.05) is 18.2 Å². The fourth-order valence-corrected chi connectivity index (χ4v) is 1.44. The van der Waals surface area contributed by atoms with Gasteiger partial charge in [0.05, 0.1) is 12.8 Å². The van der Waals surface area contributed by atoms with Crippen LogP contribution in [0.4, 0.5) is 5.69 Å². The monoisotopic (exact) mass is 230 g/mol. The van der Waals surface area contributed by atoms with Crippen LogP contribution in [0.1, 0.15) is 5.56 Å². The SMILES string of the molecule is COc1nc(Oc2ccccc2C)ccc1N. The molecule has 0 bridgehead atoms. The maximum absolute atomic E-state index is 5.68. The molecule has 0 fully saturated rings. The summed E-state index contributed by atoms with van der Waals surface area (Å²) in [6.45, 7) is 1.98. The number of aromatic nitrogens is 1. The topological polar surface area (TPSA) is 57.4 Å². The highest BCUT2D eigenvalue weighted by Gasteiger charge is 2.05. The quantitative estimate of drug-likeness (QED) is 0.880. The van der Waals surface area contributed by atoms with Crippen molar-refractivity contribution in [3.63, 3.8) is 0 Å². The van der Waals surface area contributed by atoms with Gasteiger partial charge in [0.15, 0.2) is 0 Å². The van der Waals surface area contributed by atoms with Gasteiger partial charge in [0.1, 0.15) is 5.75 Å². The normalized spacial score (nSPS) is 10.0. The first-order valence-electron chi connectivity index (χ1n) is 5.24. The average molecular weight is 230 g/mol. The van der Waals surface area contributed by atoms with Crippen LogP contribution in [0.15, 0.2) is 36.4 Å². The molecule has 0 amide bonds. The molecule has 88 valence electrons. The Morgan fingerprint density at radius 1 is 1.12 bits per heavy atom. The molecule has 2 N–H and O–H groups in total. The molecular weight excluding hydrogens is 216 g/mol. The van der Waals surface area contributed by atoms with Crippen molar-refractivity contribution in [3.05, 3.63) is 42.0 Å². The van der Waals surface area contributed by atoms with E-state index in [2.05, 4.69) is 4.98 Å². The summed E-state index contributed by atoms with van der Waals surface area (Å²) in [4.78, 5) is 4.16. The molecule has 1 heterocycles. The lowest BCUT2D eigenvalue weighted by atomic mass is 10.2. The van der Waals surface area contributed by atoms with Crippen molar-refractivity contribution < 1.29 is 9.47 Å². The number of nitrogens with zero attached hydrogens (tertiary/aromatic N) is 1. The van der Waals surface area contributed by atoms with Crippen LogP contribution in [0.2, 0.25) is 0 Å². The lowest BCUT2D eigenvalue weighted by molar-refractivity contribution is 0.385. The van der Waals surface area contributed by atoms with Gasteiger partial charge in [0.2, 0.25) is 11.8 Å². The van der Waals surface area contributed by atoms with E-state index in [1.54, 1.807) is 12.1 Å². The van der Waals surface area contributed by atoms with Gasteiger partial charge in [-0.3, -0.25) is 0 Å². The predicted octanol–water partition coefficient (Wildman–Crippen LogP) is 2.77. The molecule has 2 rings (SSSR count). The van der Waals surface area contributed by atoms with E-state index in [0.717, 1.165) is 11.3 Å². The number of pyridine rings is 1. The van der Waals surface area contributed by atoms with E-state index in [4.69, 9.17) is 15.2 Å². The Hall–Kier alpha value is -2.23. The Kier molecular flexibility index (Phi) is 3.14. The van der Waals surface area contributed by atoms with E-state index in [0.29, 0.717) is 17.4 Å². The third-order valence-corrected chi connectivity index (χ3v) is 2.37. The van der Waals surface area contributed by atoms with Crippen molar-refractivity contribution in [2.45, 2.75) is 6.92 Å². The summed E-state index contributed by atoms with van der Waals surface area (Å²) >= 11 is 0. The molecule has 0 saturated heterocycles. The van der Waals surface area contributed by atoms with Crippen molar-refractivity contribution in [2.24, 2.45) is 0 Å². The highest BCUT2D eigenvalue weighted by Crippen LogP contribution is 2.27. The first kappa shape index (κ1) is 11.3. The zero-order valence-electron chi connectivity index (χ0n) is 9.81. The van der Waals surface area contributed by atoms with E-state index < -0.39 is 0 Å². The van der Waals surface area contributed by atoms with Crippen LogP contribution >= 0.6 is 0 Å². The van der Waals surface area contributed by atoms with Crippen molar-refractivity contribution in [1.29, 1.82) is 0 Å². The minimum atomic E-state index is 0.371. The molecule has 0 aliphatic rings. The summed E-state index contributed by atoms with van der Waals surface area (Å²) < 4.78 is 10.7. The van der Waals surface area contributed by atoms with E-state index >= 15 is 0 Å². The minimum Gasteiger partial charge on any atom is -0.479 e. The number of aryl methyl sites for hydroxylation is 1. The predicted molar refractivity (Wildman–Crippen MR) is 66.5 cm³/mol. The standard InChI is InChI=1S/C13H14N2O2/c1-9-5-3-4-6-11(9)17-12-8-7-10(14)13(15-12)16-2/h3-8H,14H2,1-2H3. The number of hydrogen-bond donors (Lipinski definition) is 1. The van der Waals surface area contributed by atoms with Gasteiger partial charge in [-0.15, -0.1) is 0 Å². The Balaban J connectivity index is 2.28. The minimum absolute atomic E-state index is 0.371. The molecule has 0 radical (unpaired) electrons.